The smallest absolute Gasteiger partial charge is 0.337 e. The second-order valence-electron chi connectivity index (χ2n) is 7.25. The second-order valence-corrected chi connectivity index (χ2v) is 7.68. The van der Waals surface area contributed by atoms with Gasteiger partial charge in [-0.3, -0.25) is 0 Å². The number of aromatic nitrogens is 6. The third-order valence-electron chi connectivity index (χ3n) is 5.10. The Labute approximate surface area is 181 Å². The summed E-state index contributed by atoms with van der Waals surface area (Å²) in [5, 5.41) is 13.4. The first-order chi connectivity index (χ1) is 15.0. The van der Waals surface area contributed by atoms with Gasteiger partial charge >= 0.3 is 5.69 Å². The molecule has 0 aliphatic heterocycles. The Balaban J connectivity index is 1.46. The van der Waals surface area contributed by atoms with E-state index in [1.54, 1.807) is 30.3 Å². The average molecular weight is 433 g/mol. The number of aryl methyl sites for hydroxylation is 2. The van der Waals surface area contributed by atoms with Gasteiger partial charge in [0.25, 0.3) is 0 Å². The van der Waals surface area contributed by atoms with E-state index in [-0.39, 0.29) is 18.1 Å². The zero-order valence-corrected chi connectivity index (χ0v) is 17.5. The molecule has 0 unspecified atom stereocenters. The van der Waals surface area contributed by atoms with Gasteiger partial charge in [-0.15, -0.1) is 5.10 Å². The molecule has 0 atom stereocenters. The van der Waals surface area contributed by atoms with Crippen molar-refractivity contribution in [3.05, 3.63) is 87.1 Å². The summed E-state index contributed by atoms with van der Waals surface area (Å²) in [6, 6.07) is 16.8. The summed E-state index contributed by atoms with van der Waals surface area (Å²) in [5.74, 6) is 0.684. The van der Waals surface area contributed by atoms with Crippen molar-refractivity contribution in [1.29, 1.82) is 0 Å². The molecular formula is C22H17ClN6O2. The van der Waals surface area contributed by atoms with Crippen LogP contribution in [-0.4, -0.2) is 29.5 Å². The van der Waals surface area contributed by atoms with Gasteiger partial charge in [0.15, 0.2) is 5.65 Å². The molecule has 0 saturated heterocycles. The number of hydrogen-bond acceptors (Lipinski definition) is 6. The van der Waals surface area contributed by atoms with E-state index in [4.69, 9.17) is 16.1 Å². The first-order valence-electron chi connectivity index (χ1n) is 9.61. The topological polar surface area (TPSA) is 91.1 Å². The van der Waals surface area contributed by atoms with Crippen LogP contribution < -0.4 is 5.69 Å². The molecule has 3 heterocycles. The normalized spacial score (nSPS) is 11.3. The highest BCUT2D eigenvalue weighted by molar-refractivity contribution is 6.30. The Kier molecular flexibility index (Phi) is 4.63. The Morgan fingerprint density at radius 2 is 1.71 bits per heavy atom. The van der Waals surface area contributed by atoms with Crippen molar-refractivity contribution in [2.75, 3.05) is 0 Å². The maximum Gasteiger partial charge on any atom is 0.367 e. The highest BCUT2D eigenvalue weighted by Crippen LogP contribution is 2.21. The standard InChI is InChI=1S/C22H17ClN6O2/c1-13-3-4-16(11-14(13)2)18-9-10-19-26-28(22(30)29(19)25-18)12-20-24-21(27-31-20)15-5-7-17(23)8-6-15/h3-11H,12H2,1-2H3. The van der Waals surface area contributed by atoms with Gasteiger partial charge in [-0.25, -0.2) is 9.48 Å². The second kappa shape index (κ2) is 7.48. The van der Waals surface area contributed by atoms with Gasteiger partial charge in [-0.2, -0.15) is 14.6 Å². The molecular weight excluding hydrogens is 416 g/mol. The van der Waals surface area contributed by atoms with Crippen molar-refractivity contribution in [1.82, 2.24) is 29.5 Å². The van der Waals surface area contributed by atoms with Crippen LogP contribution in [-0.2, 0) is 6.54 Å². The van der Waals surface area contributed by atoms with Gasteiger partial charge in [-0.05, 0) is 67.4 Å². The maximum absolute atomic E-state index is 12.8. The van der Waals surface area contributed by atoms with E-state index in [1.165, 1.54) is 14.8 Å². The van der Waals surface area contributed by atoms with Crippen molar-refractivity contribution in [2.45, 2.75) is 20.4 Å². The molecule has 0 saturated carbocycles. The van der Waals surface area contributed by atoms with Crippen LogP contribution in [0, 0.1) is 13.8 Å². The van der Waals surface area contributed by atoms with Crippen LogP contribution in [0.2, 0.25) is 5.02 Å². The summed E-state index contributed by atoms with van der Waals surface area (Å²) < 4.78 is 7.83. The fourth-order valence-electron chi connectivity index (χ4n) is 3.23. The third-order valence-corrected chi connectivity index (χ3v) is 5.35. The number of benzene rings is 2. The monoisotopic (exact) mass is 432 g/mol. The first-order valence-corrected chi connectivity index (χ1v) is 9.99. The van der Waals surface area contributed by atoms with Crippen LogP contribution in [0.4, 0.5) is 0 Å². The van der Waals surface area contributed by atoms with Crippen LogP contribution in [0.3, 0.4) is 0 Å². The number of fused-ring (bicyclic) bond motifs is 1. The molecule has 31 heavy (non-hydrogen) atoms. The fourth-order valence-corrected chi connectivity index (χ4v) is 3.36. The predicted molar refractivity (Wildman–Crippen MR) is 116 cm³/mol. The molecule has 8 nitrogen and oxygen atoms in total. The Hall–Kier alpha value is -3.78. The number of rotatable bonds is 4. The maximum atomic E-state index is 12.8. The highest BCUT2D eigenvalue weighted by atomic mass is 35.5. The van der Waals surface area contributed by atoms with Gasteiger partial charge in [0, 0.05) is 16.1 Å². The summed E-state index contributed by atoms with van der Waals surface area (Å²) >= 11 is 5.91. The molecule has 0 fully saturated rings. The molecule has 9 heteroatoms. The minimum Gasteiger partial charge on any atom is -0.337 e. The van der Waals surface area contributed by atoms with Gasteiger partial charge in [0.1, 0.15) is 6.54 Å². The molecule has 5 rings (SSSR count). The SMILES string of the molecule is Cc1ccc(-c2ccc3nn(Cc4nc(-c5ccc(Cl)cc5)no4)c(=O)n3n2)cc1C. The molecule has 0 aliphatic carbocycles. The molecule has 3 aromatic heterocycles. The number of hydrogen-bond donors (Lipinski definition) is 0. The lowest BCUT2D eigenvalue weighted by Gasteiger charge is -2.04. The van der Waals surface area contributed by atoms with Crippen molar-refractivity contribution < 1.29 is 4.52 Å². The minimum absolute atomic E-state index is 0.0434. The zero-order chi connectivity index (χ0) is 21.5. The highest BCUT2D eigenvalue weighted by Gasteiger charge is 2.15. The lowest BCUT2D eigenvalue weighted by Crippen LogP contribution is -2.23. The molecule has 0 N–H and O–H groups in total. The van der Waals surface area contributed by atoms with E-state index in [9.17, 15) is 4.79 Å². The zero-order valence-electron chi connectivity index (χ0n) is 16.8. The van der Waals surface area contributed by atoms with E-state index in [1.807, 2.05) is 25.1 Å². The number of nitrogens with zero attached hydrogens (tertiary/aromatic N) is 6. The first kappa shape index (κ1) is 19.2. The lowest BCUT2D eigenvalue weighted by molar-refractivity contribution is 0.364. The van der Waals surface area contributed by atoms with Crippen LogP contribution in [0.15, 0.2) is 63.9 Å². The Bertz CT molecular complexity index is 1470. The quantitative estimate of drug-likeness (QED) is 0.427. The van der Waals surface area contributed by atoms with Crippen molar-refractivity contribution in [3.63, 3.8) is 0 Å². The Morgan fingerprint density at radius 1 is 0.935 bits per heavy atom. The average Bonchev–Trinajstić information content (AvgIpc) is 3.35. The molecule has 0 radical (unpaired) electrons. The molecule has 154 valence electrons. The lowest BCUT2D eigenvalue weighted by atomic mass is 10.0. The van der Waals surface area contributed by atoms with E-state index in [0.717, 1.165) is 16.7 Å². The van der Waals surface area contributed by atoms with Crippen LogP contribution in [0.1, 0.15) is 17.0 Å². The third kappa shape index (κ3) is 3.62. The van der Waals surface area contributed by atoms with Gasteiger partial charge in [0.05, 0.1) is 5.69 Å². The van der Waals surface area contributed by atoms with Crippen molar-refractivity contribution in [3.8, 4) is 22.6 Å². The minimum atomic E-state index is -0.382. The van der Waals surface area contributed by atoms with E-state index < -0.39 is 0 Å². The van der Waals surface area contributed by atoms with Crippen molar-refractivity contribution >= 4 is 17.2 Å². The van der Waals surface area contributed by atoms with E-state index in [2.05, 4.69) is 33.3 Å². The summed E-state index contributed by atoms with van der Waals surface area (Å²) in [5.41, 5.74) is 4.82. The molecule has 5 aromatic rings. The summed E-state index contributed by atoms with van der Waals surface area (Å²) in [4.78, 5) is 17.2. The van der Waals surface area contributed by atoms with Gasteiger partial charge in [-0.1, -0.05) is 28.9 Å². The molecule has 0 aliphatic rings. The summed E-state index contributed by atoms with van der Waals surface area (Å²) in [6.07, 6.45) is 0. The largest absolute Gasteiger partial charge is 0.367 e. The van der Waals surface area contributed by atoms with E-state index in [0.29, 0.717) is 22.2 Å². The van der Waals surface area contributed by atoms with Crippen LogP contribution >= 0.6 is 11.6 Å². The van der Waals surface area contributed by atoms with Crippen LogP contribution in [0.5, 0.6) is 0 Å². The van der Waals surface area contributed by atoms with E-state index >= 15 is 0 Å². The van der Waals surface area contributed by atoms with Gasteiger partial charge < -0.3 is 4.52 Å². The fraction of sp³-hybridized carbons (Fsp3) is 0.136. The predicted octanol–water partition coefficient (Wildman–Crippen LogP) is 3.93. The molecule has 0 amide bonds. The Morgan fingerprint density at radius 3 is 2.48 bits per heavy atom. The number of halogens is 1. The van der Waals surface area contributed by atoms with Gasteiger partial charge in [0.2, 0.25) is 11.7 Å². The molecule has 0 bridgehead atoms. The molecule has 0 spiro atoms. The summed E-state index contributed by atoms with van der Waals surface area (Å²) in [6.45, 7) is 4.14. The van der Waals surface area contributed by atoms with Crippen LogP contribution in [0.25, 0.3) is 28.3 Å². The van der Waals surface area contributed by atoms with Crippen molar-refractivity contribution in [2.24, 2.45) is 0 Å². The summed E-state index contributed by atoms with van der Waals surface area (Å²) in [7, 11) is 0. The molecule has 2 aromatic carbocycles.